The minimum absolute atomic E-state index is 0.0116. The third-order valence-electron chi connectivity index (χ3n) is 6.64. The minimum atomic E-state index is -0.704. The van der Waals surface area contributed by atoms with Crippen molar-refractivity contribution in [1.82, 2.24) is 4.90 Å². The number of rotatable bonds is 5. The molecule has 6 nitrogen and oxygen atoms in total. The zero-order chi connectivity index (χ0) is 24.4. The van der Waals surface area contributed by atoms with E-state index in [4.69, 9.17) is 0 Å². The summed E-state index contributed by atoms with van der Waals surface area (Å²) < 4.78 is 0. The fraction of sp³-hybridized carbons (Fsp3) is 0.214. The predicted molar refractivity (Wildman–Crippen MR) is 143 cm³/mol. The van der Waals surface area contributed by atoms with Gasteiger partial charge in [0.2, 0.25) is 5.91 Å². The molecule has 5 rings (SSSR count). The van der Waals surface area contributed by atoms with E-state index in [2.05, 4.69) is 10.5 Å². The van der Waals surface area contributed by atoms with Crippen LogP contribution in [-0.4, -0.2) is 41.9 Å². The standard InChI is InChI=1S/C28H28BN3O3/c1-29(35)31-24-17-22-8-4-5-9-25(22)26(18-24)30-27(33)20-12-14-32(15-13-20)28(34)23-11-10-19-6-2-3-7-21(19)16-23/h2-11,16-18,20,31,35H,12-15H2,1H3,(H,30,33). The van der Waals surface area contributed by atoms with Crippen LogP contribution in [0.25, 0.3) is 21.5 Å². The first-order chi connectivity index (χ1) is 17.0. The molecule has 176 valence electrons. The Morgan fingerprint density at radius 2 is 1.57 bits per heavy atom. The van der Waals surface area contributed by atoms with Crippen molar-refractivity contribution in [3.63, 3.8) is 0 Å². The Hall–Kier alpha value is -3.84. The predicted octanol–water partition coefficient (Wildman–Crippen LogP) is 5.01. The molecule has 1 fully saturated rings. The van der Waals surface area contributed by atoms with Gasteiger partial charge in [-0.15, -0.1) is 0 Å². The van der Waals surface area contributed by atoms with E-state index in [-0.39, 0.29) is 17.7 Å². The van der Waals surface area contributed by atoms with E-state index >= 15 is 0 Å². The first-order valence-electron chi connectivity index (χ1n) is 12.0. The highest BCUT2D eigenvalue weighted by Gasteiger charge is 2.28. The van der Waals surface area contributed by atoms with Gasteiger partial charge in [0.25, 0.3) is 5.91 Å². The van der Waals surface area contributed by atoms with Crippen LogP contribution in [-0.2, 0) is 4.79 Å². The van der Waals surface area contributed by atoms with Crippen LogP contribution in [0.2, 0.25) is 6.82 Å². The highest BCUT2D eigenvalue weighted by Crippen LogP contribution is 2.30. The van der Waals surface area contributed by atoms with Crippen molar-refractivity contribution >= 4 is 51.8 Å². The summed E-state index contributed by atoms with van der Waals surface area (Å²) in [7, 11) is -0.704. The van der Waals surface area contributed by atoms with E-state index < -0.39 is 7.05 Å². The van der Waals surface area contributed by atoms with E-state index in [1.165, 1.54) is 0 Å². The minimum Gasteiger partial charge on any atom is -0.433 e. The zero-order valence-electron chi connectivity index (χ0n) is 19.7. The Morgan fingerprint density at radius 1 is 0.886 bits per heavy atom. The molecule has 1 heterocycles. The summed E-state index contributed by atoms with van der Waals surface area (Å²) in [5.41, 5.74) is 2.14. The molecule has 1 aliphatic rings. The van der Waals surface area contributed by atoms with Gasteiger partial charge in [0.05, 0.1) is 5.69 Å². The fourth-order valence-corrected chi connectivity index (χ4v) is 4.82. The first kappa shape index (κ1) is 22.9. The first-order valence-corrected chi connectivity index (χ1v) is 12.0. The van der Waals surface area contributed by atoms with Gasteiger partial charge in [-0.2, -0.15) is 0 Å². The van der Waals surface area contributed by atoms with Crippen LogP contribution in [0.4, 0.5) is 11.4 Å². The normalized spacial score (nSPS) is 14.2. The highest BCUT2D eigenvalue weighted by atomic mass is 16.2. The molecule has 7 heteroatoms. The van der Waals surface area contributed by atoms with Crippen molar-refractivity contribution < 1.29 is 14.6 Å². The molecule has 4 aromatic carbocycles. The van der Waals surface area contributed by atoms with Gasteiger partial charge in [-0.25, -0.2) is 0 Å². The number of hydrogen-bond acceptors (Lipinski definition) is 4. The van der Waals surface area contributed by atoms with Gasteiger partial charge in [0.1, 0.15) is 0 Å². The van der Waals surface area contributed by atoms with Crippen LogP contribution in [0.5, 0.6) is 0 Å². The van der Waals surface area contributed by atoms with Gasteiger partial charge in [-0.3, -0.25) is 9.59 Å². The largest absolute Gasteiger partial charge is 0.433 e. The quantitative estimate of drug-likeness (QED) is 0.362. The van der Waals surface area contributed by atoms with Crippen LogP contribution < -0.4 is 10.5 Å². The lowest BCUT2D eigenvalue weighted by Gasteiger charge is -2.31. The van der Waals surface area contributed by atoms with Crippen LogP contribution in [0.1, 0.15) is 23.2 Å². The molecule has 35 heavy (non-hydrogen) atoms. The number of hydrogen-bond donors (Lipinski definition) is 3. The van der Waals surface area contributed by atoms with Gasteiger partial charge in [-0.1, -0.05) is 54.6 Å². The molecule has 1 aliphatic heterocycles. The van der Waals surface area contributed by atoms with Crippen molar-refractivity contribution in [3.05, 3.63) is 84.4 Å². The van der Waals surface area contributed by atoms with E-state index in [1.807, 2.05) is 83.8 Å². The van der Waals surface area contributed by atoms with Gasteiger partial charge in [0, 0.05) is 35.6 Å². The number of carbonyl (C=O) groups excluding carboxylic acids is 2. The molecule has 0 aromatic heterocycles. The van der Waals surface area contributed by atoms with Gasteiger partial charge in [-0.05, 0) is 60.1 Å². The molecule has 4 aromatic rings. The number of likely N-dealkylation sites (tertiary alicyclic amines) is 1. The average Bonchev–Trinajstić information content (AvgIpc) is 2.87. The monoisotopic (exact) mass is 465 g/mol. The fourth-order valence-electron chi connectivity index (χ4n) is 4.82. The lowest BCUT2D eigenvalue weighted by molar-refractivity contribution is -0.121. The summed E-state index contributed by atoms with van der Waals surface area (Å²) in [6, 6.07) is 25.5. The maximum atomic E-state index is 13.2. The topological polar surface area (TPSA) is 81.7 Å². The van der Waals surface area contributed by atoms with E-state index in [0.717, 1.165) is 27.2 Å². The molecule has 0 spiro atoms. The second-order valence-corrected chi connectivity index (χ2v) is 9.18. The number of amides is 2. The SMILES string of the molecule is CB(O)Nc1cc(NC(=O)C2CCN(C(=O)c3ccc4ccccc4c3)CC2)c2ccccc2c1. The Balaban J connectivity index is 1.26. The summed E-state index contributed by atoms with van der Waals surface area (Å²) in [6.45, 7) is 2.75. The van der Waals surface area contributed by atoms with Crippen LogP contribution in [0.15, 0.2) is 78.9 Å². The third-order valence-corrected chi connectivity index (χ3v) is 6.64. The molecule has 0 radical (unpaired) electrons. The number of fused-ring (bicyclic) bond motifs is 2. The molecule has 0 unspecified atom stereocenters. The Morgan fingerprint density at radius 3 is 2.31 bits per heavy atom. The number of piperidine rings is 1. The number of carbonyl (C=O) groups is 2. The lowest BCUT2D eigenvalue weighted by Crippen LogP contribution is -2.41. The van der Waals surface area contributed by atoms with Crippen molar-refractivity contribution in [2.45, 2.75) is 19.7 Å². The zero-order valence-corrected chi connectivity index (χ0v) is 19.7. The van der Waals surface area contributed by atoms with E-state index in [1.54, 1.807) is 6.82 Å². The lowest BCUT2D eigenvalue weighted by atomic mass is 9.88. The van der Waals surface area contributed by atoms with E-state index in [9.17, 15) is 14.6 Å². The van der Waals surface area contributed by atoms with Crippen molar-refractivity contribution in [3.8, 4) is 0 Å². The molecule has 0 aliphatic carbocycles. The summed E-state index contributed by atoms with van der Waals surface area (Å²) in [5, 5.41) is 19.9. The number of benzene rings is 4. The molecular weight excluding hydrogens is 437 g/mol. The third kappa shape index (κ3) is 5.00. The molecule has 2 amide bonds. The summed E-state index contributed by atoms with van der Waals surface area (Å²) in [5.74, 6) is -0.192. The molecule has 0 saturated carbocycles. The Kier molecular flexibility index (Phi) is 6.42. The maximum absolute atomic E-state index is 13.2. The number of nitrogens with one attached hydrogen (secondary N) is 2. The Bertz CT molecular complexity index is 1400. The van der Waals surface area contributed by atoms with Crippen molar-refractivity contribution in [2.24, 2.45) is 5.92 Å². The van der Waals surface area contributed by atoms with Gasteiger partial charge in [0.15, 0.2) is 0 Å². The summed E-state index contributed by atoms with van der Waals surface area (Å²) >= 11 is 0. The second kappa shape index (κ2) is 9.80. The van der Waals surface area contributed by atoms with Gasteiger partial charge >= 0.3 is 7.05 Å². The number of anilines is 2. The second-order valence-electron chi connectivity index (χ2n) is 9.18. The Labute approximate surface area is 205 Å². The van der Waals surface area contributed by atoms with Crippen molar-refractivity contribution in [1.29, 1.82) is 0 Å². The molecule has 0 atom stereocenters. The van der Waals surface area contributed by atoms with Crippen LogP contribution in [0.3, 0.4) is 0 Å². The highest BCUT2D eigenvalue weighted by molar-refractivity contribution is 6.52. The van der Waals surface area contributed by atoms with Gasteiger partial charge < -0.3 is 20.5 Å². The van der Waals surface area contributed by atoms with Crippen molar-refractivity contribution in [2.75, 3.05) is 23.6 Å². The van der Waals surface area contributed by atoms with Crippen LogP contribution in [0, 0.1) is 5.92 Å². The number of nitrogens with zero attached hydrogens (tertiary/aromatic N) is 1. The molecule has 0 bridgehead atoms. The smallest absolute Gasteiger partial charge is 0.406 e. The summed E-state index contributed by atoms with van der Waals surface area (Å²) in [4.78, 5) is 28.1. The van der Waals surface area contributed by atoms with Crippen LogP contribution >= 0.6 is 0 Å². The molecular formula is C28H28BN3O3. The average molecular weight is 465 g/mol. The van der Waals surface area contributed by atoms with E-state index in [0.29, 0.717) is 37.2 Å². The summed E-state index contributed by atoms with van der Waals surface area (Å²) in [6.07, 6.45) is 1.24. The maximum Gasteiger partial charge on any atom is 0.406 e. The molecule has 3 N–H and O–H groups in total. The molecule has 1 saturated heterocycles.